The minimum absolute atomic E-state index is 0.481. The average molecular weight is 171 g/mol. The molecule has 3 nitrogen and oxygen atoms in total. The second-order valence-electron chi connectivity index (χ2n) is 3.88. The van der Waals surface area contributed by atoms with E-state index in [0.29, 0.717) is 12.5 Å². The number of hydrogen-bond donors (Lipinski definition) is 2. The van der Waals surface area contributed by atoms with Crippen molar-refractivity contribution in [3.63, 3.8) is 0 Å². The molecule has 0 saturated carbocycles. The Morgan fingerprint density at radius 1 is 1.75 bits per heavy atom. The molecule has 1 aliphatic rings. The summed E-state index contributed by atoms with van der Waals surface area (Å²) in [6.07, 6.45) is 1.53. The Bertz CT molecular complexity index is 181. The second kappa shape index (κ2) is 3.44. The van der Waals surface area contributed by atoms with Gasteiger partial charge in [0.15, 0.2) is 0 Å². The van der Waals surface area contributed by atoms with E-state index in [4.69, 9.17) is 5.11 Å². The highest BCUT2D eigenvalue weighted by Gasteiger charge is 2.40. The number of hydrogen-bond acceptors (Lipinski definition) is 2. The van der Waals surface area contributed by atoms with Gasteiger partial charge in [0.25, 0.3) is 0 Å². The third kappa shape index (κ3) is 1.61. The molecule has 0 radical (unpaired) electrons. The standard InChI is InChI=1S/C9H17NO2/c1-3-9(8(11)12)4-7(2)5-10-6-9/h7,10H,3-6H2,1-2H3,(H,11,12). The van der Waals surface area contributed by atoms with Gasteiger partial charge in [0.1, 0.15) is 0 Å². The molecule has 1 fully saturated rings. The molecule has 0 aromatic rings. The van der Waals surface area contributed by atoms with E-state index < -0.39 is 11.4 Å². The zero-order valence-corrected chi connectivity index (χ0v) is 7.76. The van der Waals surface area contributed by atoms with Gasteiger partial charge in [-0.2, -0.15) is 0 Å². The number of carboxylic acids is 1. The first-order valence-corrected chi connectivity index (χ1v) is 4.55. The predicted octanol–water partition coefficient (Wildman–Crippen LogP) is 1.10. The second-order valence-corrected chi connectivity index (χ2v) is 3.88. The van der Waals surface area contributed by atoms with Crippen LogP contribution in [0.4, 0.5) is 0 Å². The first-order valence-electron chi connectivity index (χ1n) is 4.55. The molecule has 1 heterocycles. The van der Waals surface area contributed by atoms with Crippen LogP contribution in [0.5, 0.6) is 0 Å². The van der Waals surface area contributed by atoms with Crippen molar-refractivity contribution in [1.29, 1.82) is 0 Å². The number of carboxylic acid groups (broad SMARTS) is 1. The number of aliphatic carboxylic acids is 1. The van der Waals surface area contributed by atoms with Gasteiger partial charge in [-0.05, 0) is 25.3 Å². The molecule has 0 bridgehead atoms. The molecule has 2 atom stereocenters. The Hall–Kier alpha value is -0.570. The number of rotatable bonds is 2. The Morgan fingerprint density at radius 3 is 2.75 bits per heavy atom. The summed E-state index contributed by atoms with van der Waals surface area (Å²) >= 11 is 0. The molecule has 0 aromatic heterocycles. The molecule has 2 unspecified atom stereocenters. The summed E-state index contributed by atoms with van der Waals surface area (Å²) < 4.78 is 0. The van der Waals surface area contributed by atoms with Crippen LogP contribution in [0.15, 0.2) is 0 Å². The predicted molar refractivity (Wildman–Crippen MR) is 47.0 cm³/mol. The maximum Gasteiger partial charge on any atom is 0.310 e. The van der Waals surface area contributed by atoms with Gasteiger partial charge < -0.3 is 10.4 Å². The monoisotopic (exact) mass is 171 g/mol. The molecule has 1 saturated heterocycles. The Morgan fingerprint density at radius 2 is 2.42 bits per heavy atom. The fourth-order valence-electron chi connectivity index (χ4n) is 1.95. The first-order chi connectivity index (χ1) is 5.60. The molecular weight excluding hydrogens is 154 g/mol. The third-order valence-electron chi connectivity index (χ3n) is 2.83. The minimum atomic E-state index is -0.649. The van der Waals surface area contributed by atoms with Crippen molar-refractivity contribution in [2.45, 2.75) is 26.7 Å². The largest absolute Gasteiger partial charge is 0.481 e. The molecule has 0 spiro atoms. The van der Waals surface area contributed by atoms with Gasteiger partial charge in [-0.25, -0.2) is 0 Å². The fraction of sp³-hybridized carbons (Fsp3) is 0.889. The smallest absolute Gasteiger partial charge is 0.310 e. The molecule has 2 N–H and O–H groups in total. The van der Waals surface area contributed by atoms with Crippen LogP contribution in [0.2, 0.25) is 0 Å². The minimum Gasteiger partial charge on any atom is -0.481 e. The van der Waals surface area contributed by atoms with Crippen LogP contribution in [-0.2, 0) is 4.79 Å². The molecule has 1 aliphatic heterocycles. The summed E-state index contributed by atoms with van der Waals surface area (Å²) in [5.74, 6) is -0.168. The van der Waals surface area contributed by atoms with Crippen molar-refractivity contribution < 1.29 is 9.90 Å². The summed E-state index contributed by atoms with van der Waals surface area (Å²) in [5, 5.41) is 12.2. The number of carbonyl (C=O) groups is 1. The first kappa shape index (κ1) is 9.52. The van der Waals surface area contributed by atoms with Crippen LogP contribution >= 0.6 is 0 Å². The van der Waals surface area contributed by atoms with Crippen molar-refractivity contribution in [2.75, 3.05) is 13.1 Å². The quantitative estimate of drug-likeness (QED) is 0.654. The van der Waals surface area contributed by atoms with Crippen LogP contribution in [0.25, 0.3) is 0 Å². The summed E-state index contributed by atoms with van der Waals surface area (Å²) in [6, 6.07) is 0. The van der Waals surface area contributed by atoms with Crippen LogP contribution in [0.1, 0.15) is 26.7 Å². The van der Waals surface area contributed by atoms with E-state index in [2.05, 4.69) is 12.2 Å². The van der Waals surface area contributed by atoms with E-state index in [0.717, 1.165) is 19.4 Å². The number of nitrogens with one attached hydrogen (secondary N) is 1. The summed E-state index contributed by atoms with van der Waals surface area (Å²) in [6.45, 7) is 5.63. The van der Waals surface area contributed by atoms with Gasteiger partial charge >= 0.3 is 5.97 Å². The van der Waals surface area contributed by atoms with Crippen molar-refractivity contribution >= 4 is 5.97 Å². The summed E-state index contributed by atoms with van der Waals surface area (Å²) in [4.78, 5) is 11.0. The molecule has 0 aromatic carbocycles. The Balaban J connectivity index is 2.71. The molecule has 0 aliphatic carbocycles. The fourth-order valence-corrected chi connectivity index (χ4v) is 1.95. The Kier molecular flexibility index (Phi) is 2.73. The molecular formula is C9H17NO2. The van der Waals surface area contributed by atoms with Gasteiger partial charge in [-0.3, -0.25) is 4.79 Å². The molecule has 70 valence electrons. The van der Waals surface area contributed by atoms with Crippen molar-refractivity contribution in [2.24, 2.45) is 11.3 Å². The van der Waals surface area contributed by atoms with E-state index in [1.54, 1.807) is 0 Å². The van der Waals surface area contributed by atoms with Gasteiger partial charge in [0.05, 0.1) is 5.41 Å². The van der Waals surface area contributed by atoms with Crippen molar-refractivity contribution in [3.05, 3.63) is 0 Å². The van der Waals surface area contributed by atoms with E-state index in [1.807, 2.05) is 6.92 Å². The highest BCUT2D eigenvalue weighted by Crippen LogP contribution is 2.32. The van der Waals surface area contributed by atoms with Crippen LogP contribution < -0.4 is 5.32 Å². The van der Waals surface area contributed by atoms with Crippen molar-refractivity contribution in [1.82, 2.24) is 5.32 Å². The molecule has 1 rings (SSSR count). The van der Waals surface area contributed by atoms with Crippen LogP contribution in [-0.4, -0.2) is 24.2 Å². The lowest BCUT2D eigenvalue weighted by molar-refractivity contribution is -0.151. The molecule has 12 heavy (non-hydrogen) atoms. The topological polar surface area (TPSA) is 49.3 Å². The lowest BCUT2D eigenvalue weighted by Gasteiger charge is -2.36. The van der Waals surface area contributed by atoms with E-state index >= 15 is 0 Å². The van der Waals surface area contributed by atoms with Crippen LogP contribution in [0, 0.1) is 11.3 Å². The average Bonchev–Trinajstić information content (AvgIpc) is 2.04. The normalized spacial score (nSPS) is 36.3. The third-order valence-corrected chi connectivity index (χ3v) is 2.83. The van der Waals surface area contributed by atoms with E-state index in [9.17, 15) is 4.79 Å². The SMILES string of the molecule is CCC1(C(=O)O)CNCC(C)C1. The number of piperidine rings is 1. The highest BCUT2D eigenvalue weighted by molar-refractivity contribution is 5.75. The van der Waals surface area contributed by atoms with E-state index in [-0.39, 0.29) is 0 Å². The maximum absolute atomic E-state index is 11.0. The van der Waals surface area contributed by atoms with Crippen molar-refractivity contribution in [3.8, 4) is 0 Å². The highest BCUT2D eigenvalue weighted by atomic mass is 16.4. The van der Waals surface area contributed by atoms with Gasteiger partial charge in [-0.1, -0.05) is 13.8 Å². The lowest BCUT2D eigenvalue weighted by atomic mass is 9.75. The zero-order chi connectivity index (χ0) is 9.19. The summed E-state index contributed by atoms with van der Waals surface area (Å²) in [7, 11) is 0. The lowest BCUT2D eigenvalue weighted by Crippen LogP contribution is -2.48. The summed E-state index contributed by atoms with van der Waals surface area (Å²) in [5.41, 5.74) is -0.502. The molecule has 0 amide bonds. The van der Waals surface area contributed by atoms with Gasteiger partial charge in [0, 0.05) is 6.54 Å². The van der Waals surface area contributed by atoms with E-state index in [1.165, 1.54) is 0 Å². The molecule has 3 heteroatoms. The maximum atomic E-state index is 11.0. The van der Waals surface area contributed by atoms with Crippen LogP contribution in [0.3, 0.4) is 0 Å². The Labute approximate surface area is 73.2 Å². The van der Waals surface area contributed by atoms with Gasteiger partial charge in [-0.15, -0.1) is 0 Å². The zero-order valence-electron chi connectivity index (χ0n) is 7.76. The van der Waals surface area contributed by atoms with Gasteiger partial charge in [0.2, 0.25) is 0 Å².